The lowest BCUT2D eigenvalue weighted by Gasteiger charge is -2.01. The van der Waals surface area contributed by atoms with Gasteiger partial charge in [0.05, 0.1) is 7.11 Å². The smallest absolute Gasteiger partial charge is 0.189 e. The minimum absolute atomic E-state index is 0. The summed E-state index contributed by atoms with van der Waals surface area (Å²) in [5.74, 6) is 0.819. The van der Waals surface area contributed by atoms with E-state index in [0.717, 1.165) is 34.6 Å². The van der Waals surface area contributed by atoms with Gasteiger partial charge in [-0.1, -0.05) is 36.4 Å². The standard InChI is InChI=1S/C23H20NO2.BrH/c1-26-21-8-7-19-14-20(23(25)22(19)15-21)13-17-9-11-24(12-10-17)16-18-5-3-2-4-6-18;/h2-13,15H,14,16H2,1H3;1H/q+1;/p-1. The predicted octanol–water partition coefficient (Wildman–Crippen LogP) is 0.857. The van der Waals surface area contributed by atoms with Crippen molar-refractivity contribution in [1.29, 1.82) is 0 Å². The molecule has 3 nitrogen and oxygen atoms in total. The molecule has 0 saturated carbocycles. The first-order valence-corrected chi connectivity index (χ1v) is 8.68. The van der Waals surface area contributed by atoms with Gasteiger partial charge in [-0.3, -0.25) is 4.79 Å². The van der Waals surface area contributed by atoms with Crippen molar-refractivity contribution in [2.75, 3.05) is 7.11 Å². The molecule has 0 bridgehead atoms. The van der Waals surface area contributed by atoms with E-state index >= 15 is 0 Å². The van der Waals surface area contributed by atoms with Gasteiger partial charge in [0.1, 0.15) is 5.75 Å². The zero-order chi connectivity index (χ0) is 17.9. The van der Waals surface area contributed by atoms with Crippen LogP contribution in [0.25, 0.3) is 6.08 Å². The van der Waals surface area contributed by atoms with Crippen molar-refractivity contribution in [3.8, 4) is 5.75 Å². The van der Waals surface area contributed by atoms with E-state index in [0.29, 0.717) is 6.42 Å². The maximum absolute atomic E-state index is 12.6. The molecule has 0 fully saturated rings. The van der Waals surface area contributed by atoms with E-state index in [1.54, 1.807) is 7.11 Å². The first-order valence-electron chi connectivity index (χ1n) is 8.68. The second-order valence-electron chi connectivity index (χ2n) is 6.49. The number of carbonyl (C=O) groups excluding carboxylic acids is 1. The Morgan fingerprint density at radius 3 is 2.48 bits per heavy atom. The highest BCUT2D eigenvalue weighted by Crippen LogP contribution is 2.30. The van der Waals surface area contributed by atoms with Gasteiger partial charge in [0.15, 0.2) is 24.7 Å². The van der Waals surface area contributed by atoms with Gasteiger partial charge in [0.25, 0.3) is 0 Å². The third kappa shape index (κ3) is 4.17. The second kappa shape index (κ2) is 8.31. The molecule has 1 heterocycles. The number of rotatable bonds is 4. The van der Waals surface area contributed by atoms with Crippen LogP contribution in [-0.2, 0) is 13.0 Å². The fraction of sp³-hybridized carbons (Fsp3) is 0.130. The Bertz CT molecular complexity index is 979. The van der Waals surface area contributed by atoms with Crippen molar-refractivity contribution < 1.29 is 31.1 Å². The molecule has 0 saturated heterocycles. The van der Waals surface area contributed by atoms with Gasteiger partial charge in [0, 0.05) is 35.3 Å². The summed E-state index contributed by atoms with van der Waals surface area (Å²) in [7, 11) is 1.62. The van der Waals surface area contributed by atoms with Gasteiger partial charge in [-0.25, -0.2) is 4.57 Å². The van der Waals surface area contributed by atoms with Gasteiger partial charge in [-0.05, 0) is 29.3 Å². The Labute approximate surface area is 169 Å². The summed E-state index contributed by atoms with van der Waals surface area (Å²) in [5, 5.41) is 0. The molecule has 1 aliphatic rings. The van der Waals surface area contributed by atoms with E-state index < -0.39 is 0 Å². The first-order chi connectivity index (χ1) is 12.7. The minimum atomic E-state index is 0. The summed E-state index contributed by atoms with van der Waals surface area (Å²) >= 11 is 0. The van der Waals surface area contributed by atoms with Crippen LogP contribution in [-0.4, -0.2) is 12.9 Å². The van der Waals surface area contributed by atoms with Crippen LogP contribution in [0.4, 0.5) is 0 Å². The Kier molecular flexibility index (Phi) is 5.87. The number of ketones is 1. The van der Waals surface area contributed by atoms with Gasteiger partial charge in [-0.15, -0.1) is 0 Å². The summed E-state index contributed by atoms with van der Waals surface area (Å²) < 4.78 is 7.36. The van der Waals surface area contributed by atoms with Crippen molar-refractivity contribution in [3.63, 3.8) is 0 Å². The Morgan fingerprint density at radius 1 is 1.04 bits per heavy atom. The van der Waals surface area contributed by atoms with Crippen LogP contribution in [0, 0.1) is 0 Å². The molecular formula is C23H20BrNO2. The van der Waals surface area contributed by atoms with E-state index in [-0.39, 0.29) is 22.8 Å². The molecule has 0 aliphatic heterocycles. The fourth-order valence-electron chi connectivity index (χ4n) is 3.29. The Hall–Kier alpha value is -2.72. The zero-order valence-corrected chi connectivity index (χ0v) is 16.6. The topological polar surface area (TPSA) is 30.2 Å². The molecule has 0 spiro atoms. The number of hydrogen-bond acceptors (Lipinski definition) is 2. The van der Waals surface area contributed by atoms with E-state index in [9.17, 15) is 4.79 Å². The molecule has 1 aliphatic carbocycles. The molecular weight excluding hydrogens is 402 g/mol. The summed E-state index contributed by atoms with van der Waals surface area (Å²) in [6.07, 6.45) is 6.77. The summed E-state index contributed by atoms with van der Waals surface area (Å²) in [6.45, 7) is 0.835. The van der Waals surface area contributed by atoms with E-state index in [1.165, 1.54) is 5.56 Å². The maximum Gasteiger partial charge on any atom is 0.189 e. The molecule has 4 rings (SSSR count). The number of fused-ring (bicyclic) bond motifs is 1. The molecule has 1 aromatic heterocycles. The van der Waals surface area contributed by atoms with Gasteiger partial charge in [-0.2, -0.15) is 0 Å². The quantitative estimate of drug-likeness (QED) is 0.461. The third-order valence-corrected chi connectivity index (χ3v) is 4.70. The second-order valence-corrected chi connectivity index (χ2v) is 6.49. The number of ether oxygens (including phenoxy) is 1. The molecule has 0 N–H and O–H groups in total. The van der Waals surface area contributed by atoms with Crippen LogP contribution in [0.3, 0.4) is 0 Å². The number of aromatic nitrogens is 1. The molecule has 0 radical (unpaired) electrons. The molecule has 4 heteroatoms. The molecule has 0 amide bonds. The Balaban J connectivity index is 0.00000210. The monoisotopic (exact) mass is 421 g/mol. The molecule has 136 valence electrons. The number of hydrogen-bond donors (Lipinski definition) is 0. The normalized spacial score (nSPS) is 14.0. The average Bonchev–Trinajstić information content (AvgIpc) is 2.99. The molecule has 0 atom stereocenters. The van der Waals surface area contributed by atoms with Crippen molar-refractivity contribution in [3.05, 3.63) is 101 Å². The predicted molar refractivity (Wildman–Crippen MR) is 101 cm³/mol. The summed E-state index contributed by atoms with van der Waals surface area (Å²) in [5.41, 5.74) is 4.95. The lowest BCUT2D eigenvalue weighted by Crippen LogP contribution is -3.00. The molecule has 27 heavy (non-hydrogen) atoms. The number of benzene rings is 2. The van der Waals surface area contributed by atoms with Crippen LogP contribution >= 0.6 is 0 Å². The van der Waals surface area contributed by atoms with E-state index in [2.05, 4.69) is 29.1 Å². The number of allylic oxidation sites excluding steroid dienone is 1. The average molecular weight is 422 g/mol. The number of carbonyl (C=O) groups is 1. The van der Waals surface area contributed by atoms with E-state index in [1.807, 2.05) is 54.6 Å². The minimum Gasteiger partial charge on any atom is -1.00 e. The number of halogens is 1. The van der Waals surface area contributed by atoms with Crippen molar-refractivity contribution in [2.24, 2.45) is 0 Å². The van der Waals surface area contributed by atoms with Crippen molar-refractivity contribution in [1.82, 2.24) is 0 Å². The van der Waals surface area contributed by atoms with Crippen LogP contribution < -0.4 is 26.3 Å². The van der Waals surface area contributed by atoms with Crippen molar-refractivity contribution in [2.45, 2.75) is 13.0 Å². The van der Waals surface area contributed by atoms with Crippen LogP contribution in [0.2, 0.25) is 0 Å². The summed E-state index contributed by atoms with van der Waals surface area (Å²) in [4.78, 5) is 12.6. The maximum atomic E-state index is 12.6. The third-order valence-electron chi connectivity index (χ3n) is 4.70. The molecule has 3 aromatic rings. The Morgan fingerprint density at radius 2 is 1.78 bits per heavy atom. The lowest BCUT2D eigenvalue weighted by atomic mass is 10.1. The lowest BCUT2D eigenvalue weighted by molar-refractivity contribution is -0.688. The van der Waals surface area contributed by atoms with Crippen LogP contribution in [0.1, 0.15) is 27.0 Å². The SMILES string of the molecule is COc1ccc2c(c1)C(=O)C(=Cc1cc[n+](Cc3ccccc3)cc1)C2.[Br-]. The molecule has 2 aromatic carbocycles. The number of nitrogens with zero attached hydrogens (tertiary/aromatic N) is 1. The molecule has 0 unspecified atom stereocenters. The van der Waals surface area contributed by atoms with Gasteiger partial charge in [0.2, 0.25) is 0 Å². The zero-order valence-electron chi connectivity index (χ0n) is 15.1. The van der Waals surface area contributed by atoms with Crippen LogP contribution in [0.15, 0.2) is 78.6 Å². The number of Topliss-reactive ketones (excluding diaryl/α,β-unsaturated/α-hetero) is 1. The van der Waals surface area contributed by atoms with Crippen molar-refractivity contribution >= 4 is 11.9 Å². The van der Waals surface area contributed by atoms with Gasteiger partial charge >= 0.3 is 0 Å². The van der Waals surface area contributed by atoms with Crippen LogP contribution in [0.5, 0.6) is 5.75 Å². The highest BCUT2D eigenvalue weighted by atomic mass is 79.9. The number of pyridine rings is 1. The summed E-state index contributed by atoms with van der Waals surface area (Å²) in [6, 6.07) is 20.2. The van der Waals surface area contributed by atoms with E-state index in [4.69, 9.17) is 4.74 Å². The van der Waals surface area contributed by atoms with Gasteiger partial charge < -0.3 is 21.7 Å². The number of methoxy groups -OCH3 is 1. The highest BCUT2D eigenvalue weighted by Gasteiger charge is 2.25. The highest BCUT2D eigenvalue weighted by molar-refractivity contribution is 6.15. The fourth-order valence-corrected chi connectivity index (χ4v) is 3.29. The first kappa shape index (κ1) is 19.1. The largest absolute Gasteiger partial charge is 1.00 e.